The second kappa shape index (κ2) is 6.67. The van der Waals surface area contributed by atoms with Crippen LogP contribution in [0.4, 0.5) is 0 Å². The summed E-state index contributed by atoms with van der Waals surface area (Å²) in [4.78, 5) is 0. The van der Waals surface area contributed by atoms with E-state index >= 15 is 0 Å². The SMILES string of the molecule is c1cc2c3c(c1)-n1c4ccccc4c4c5sc6ccccc6c5cc(c41)B3c1cccc3c4ccccc4n-2c13. The van der Waals surface area contributed by atoms with Crippen LogP contribution in [0.15, 0.2) is 115 Å². The van der Waals surface area contributed by atoms with Crippen LogP contribution in [0.3, 0.4) is 0 Å². The Morgan fingerprint density at radius 3 is 2.00 bits per heavy atom. The maximum atomic E-state index is 2.57. The molecular formula is C36H19BN2S. The molecule has 6 aromatic carbocycles. The van der Waals surface area contributed by atoms with Gasteiger partial charge in [-0.2, -0.15) is 0 Å². The van der Waals surface area contributed by atoms with Gasteiger partial charge in [0.1, 0.15) is 0 Å². The lowest BCUT2D eigenvalue weighted by Crippen LogP contribution is -2.59. The number of thiophene rings is 1. The fourth-order valence-corrected chi connectivity index (χ4v) is 9.31. The summed E-state index contributed by atoms with van der Waals surface area (Å²) < 4.78 is 7.85. The van der Waals surface area contributed by atoms with Gasteiger partial charge >= 0.3 is 0 Å². The summed E-state index contributed by atoms with van der Waals surface area (Å²) in [6.45, 7) is 0.175. The first kappa shape index (κ1) is 20.2. The van der Waals surface area contributed by atoms with Crippen LogP contribution in [-0.2, 0) is 0 Å². The highest BCUT2D eigenvalue weighted by molar-refractivity contribution is 7.27. The van der Waals surface area contributed by atoms with E-state index in [-0.39, 0.29) is 6.71 Å². The van der Waals surface area contributed by atoms with Crippen LogP contribution in [0, 0.1) is 0 Å². The molecule has 4 heteroatoms. The molecule has 2 aliphatic rings. The zero-order valence-electron chi connectivity index (χ0n) is 21.3. The molecule has 0 bridgehead atoms. The molecule has 0 saturated carbocycles. The van der Waals surface area contributed by atoms with Crippen LogP contribution < -0.4 is 16.4 Å². The van der Waals surface area contributed by atoms with Gasteiger partial charge in [-0.3, -0.25) is 0 Å². The van der Waals surface area contributed by atoms with Gasteiger partial charge < -0.3 is 9.13 Å². The second-order valence-electron chi connectivity index (χ2n) is 11.3. The largest absolute Gasteiger partial charge is 0.310 e. The minimum absolute atomic E-state index is 0.175. The monoisotopic (exact) mass is 522 g/mol. The number of fused-ring (bicyclic) bond motifs is 14. The van der Waals surface area contributed by atoms with E-state index in [1.165, 1.54) is 91.5 Å². The minimum atomic E-state index is 0.175. The highest BCUT2D eigenvalue weighted by atomic mass is 32.1. The van der Waals surface area contributed by atoms with Gasteiger partial charge in [-0.05, 0) is 46.7 Å². The smallest absolute Gasteiger partial charge is 0.252 e. The minimum Gasteiger partial charge on any atom is -0.310 e. The predicted octanol–water partition coefficient (Wildman–Crippen LogP) is 7.39. The molecule has 9 aromatic rings. The number of benzene rings is 6. The average molecular weight is 522 g/mol. The summed E-state index contributed by atoms with van der Waals surface area (Å²) in [5.41, 5.74) is 12.2. The van der Waals surface area contributed by atoms with Gasteiger partial charge in [0.25, 0.3) is 6.71 Å². The maximum absolute atomic E-state index is 2.57. The quantitative estimate of drug-likeness (QED) is 0.184. The molecular weight excluding hydrogens is 503 g/mol. The van der Waals surface area contributed by atoms with Crippen molar-refractivity contribution in [3.05, 3.63) is 115 Å². The van der Waals surface area contributed by atoms with Crippen LogP contribution in [0.2, 0.25) is 0 Å². The Morgan fingerprint density at radius 2 is 1.15 bits per heavy atom. The van der Waals surface area contributed by atoms with Gasteiger partial charge in [-0.1, -0.05) is 84.9 Å². The third kappa shape index (κ3) is 2.10. The van der Waals surface area contributed by atoms with E-state index < -0.39 is 0 Å². The first-order valence-electron chi connectivity index (χ1n) is 13.9. The molecule has 0 radical (unpaired) electrons. The molecule has 0 saturated heterocycles. The number of aromatic nitrogens is 2. The standard InChI is InChI=1S/C36H19BN2S/c1-4-14-27-20(9-1)22-12-7-13-25-34(22)38(27)29-16-8-17-30-33(29)37(25)26-19-24-21-10-3-6-18-31(21)40-36(24)32-23-11-2-5-15-28(23)39(30)35(26)32/h1-19H. The molecule has 0 aliphatic carbocycles. The van der Waals surface area contributed by atoms with Crippen molar-refractivity contribution in [2.75, 3.05) is 0 Å². The summed E-state index contributed by atoms with van der Waals surface area (Å²) in [6.07, 6.45) is 0. The topological polar surface area (TPSA) is 9.86 Å². The lowest BCUT2D eigenvalue weighted by atomic mass is 9.34. The van der Waals surface area contributed by atoms with Crippen LogP contribution in [-0.4, -0.2) is 15.8 Å². The Bertz CT molecular complexity index is 2610. The molecule has 182 valence electrons. The van der Waals surface area contributed by atoms with Gasteiger partial charge in [0.2, 0.25) is 0 Å². The van der Waals surface area contributed by atoms with Gasteiger partial charge in [0.15, 0.2) is 0 Å². The Hall–Kier alpha value is -4.80. The molecule has 5 heterocycles. The zero-order valence-corrected chi connectivity index (χ0v) is 22.2. The second-order valence-corrected chi connectivity index (χ2v) is 12.3. The van der Waals surface area contributed by atoms with Crippen molar-refractivity contribution in [3.63, 3.8) is 0 Å². The molecule has 0 amide bonds. The molecule has 0 unspecified atom stereocenters. The van der Waals surface area contributed by atoms with Gasteiger partial charge in [0.05, 0.1) is 16.6 Å². The van der Waals surface area contributed by atoms with E-state index in [0.29, 0.717) is 0 Å². The summed E-state index contributed by atoms with van der Waals surface area (Å²) >= 11 is 1.94. The number of hydrogen-bond donors (Lipinski definition) is 0. The van der Waals surface area contributed by atoms with E-state index in [1.807, 2.05) is 11.3 Å². The fourth-order valence-electron chi connectivity index (χ4n) is 8.07. The summed E-state index contributed by atoms with van der Waals surface area (Å²) in [7, 11) is 0. The van der Waals surface area contributed by atoms with Crippen LogP contribution in [0.1, 0.15) is 0 Å². The first-order chi connectivity index (χ1) is 19.9. The molecule has 2 aliphatic heterocycles. The van der Waals surface area contributed by atoms with Crippen molar-refractivity contribution in [3.8, 4) is 11.4 Å². The van der Waals surface area contributed by atoms with Crippen molar-refractivity contribution in [2.24, 2.45) is 0 Å². The van der Waals surface area contributed by atoms with Crippen LogP contribution in [0.5, 0.6) is 0 Å². The third-order valence-electron chi connectivity index (χ3n) is 9.49. The van der Waals surface area contributed by atoms with E-state index in [0.717, 1.165) is 0 Å². The molecule has 40 heavy (non-hydrogen) atoms. The molecule has 2 nitrogen and oxygen atoms in total. The summed E-state index contributed by atoms with van der Waals surface area (Å²) in [5.74, 6) is 0. The number of nitrogens with zero attached hydrogens (tertiary/aromatic N) is 2. The lowest BCUT2D eigenvalue weighted by Gasteiger charge is -2.33. The molecule has 0 spiro atoms. The van der Waals surface area contributed by atoms with Gasteiger partial charge in [0, 0.05) is 58.6 Å². The van der Waals surface area contributed by atoms with E-state index in [4.69, 9.17) is 0 Å². The normalized spacial score (nSPS) is 13.4. The maximum Gasteiger partial charge on any atom is 0.252 e. The van der Waals surface area contributed by atoms with Crippen molar-refractivity contribution in [1.29, 1.82) is 0 Å². The lowest BCUT2D eigenvalue weighted by molar-refractivity contribution is 1.14. The highest BCUT2D eigenvalue weighted by Crippen LogP contribution is 2.44. The predicted molar refractivity (Wildman–Crippen MR) is 173 cm³/mol. The van der Waals surface area contributed by atoms with Crippen molar-refractivity contribution in [2.45, 2.75) is 0 Å². The summed E-state index contributed by atoms with van der Waals surface area (Å²) in [6, 6.07) is 43.2. The van der Waals surface area contributed by atoms with E-state index in [9.17, 15) is 0 Å². The van der Waals surface area contributed by atoms with E-state index in [1.54, 1.807) is 0 Å². The fraction of sp³-hybridized carbons (Fsp3) is 0. The highest BCUT2D eigenvalue weighted by Gasteiger charge is 2.41. The molecule has 3 aromatic heterocycles. The average Bonchev–Trinajstić information content (AvgIpc) is 3.66. The molecule has 11 rings (SSSR count). The molecule has 0 fully saturated rings. The van der Waals surface area contributed by atoms with Gasteiger partial charge in [-0.25, -0.2) is 0 Å². The summed E-state index contributed by atoms with van der Waals surface area (Å²) in [5, 5.41) is 8.15. The number of para-hydroxylation sites is 3. The first-order valence-corrected chi connectivity index (χ1v) is 14.7. The Balaban J connectivity index is 1.45. The van der Waals surface area contributed by atoms with Crippen LogP contribution in [0.25, 0.3) is 75.2 Å². The van der Waals surface area contributed by atoms with Crippen LogP contribution >= 0.6 is 11.3 Å². The Morgan fingerprint density at radius 1 is 0.500 bits per heavy atom. The Labute approximate surface area is 233 Å². The molecule has 0 N–H and O–H groups in total. The van der Waals surface area contributed by atoms with Crippen molar-refractivity contribution >= 4 is 98.2 Å². The van der Waals surface area contributed by atoms with Crippen molar-refractivity contribution < 1.29 is 0 Å². The zero-order chi connectivity index (χ0) is 25.7. The number of rotatable bonds is 0. The third-order valence-corrected chi connectivity index (χ3v) is 10.7. The van der Waals surface area contributed by atoms with E-state index in [2.05, 4.69) is 124 Å². The van der Waals surface area contributed by atoms with Crippen molar-refractivity contribution in [1.82, 2.24) is 9.13 Å². The molecule has 0 atom stereocenters. The Kier molecular flexibility index (Phi) is 3.36. The van der Waals surface area contributed by atoms with Gasteiger partial charge in [-0.15, -0.1) is 11.3 Å². The number of hydrogen-bond acceptors (Lipinski definition) is 1.